The summed E-state index contributed by atoms with van der Waals surface area (Å²) in [6.45, 7) is 2.26. The third-order valence-electron chi connectivity index (χ3n) is 5.02. The number of phosphoric acid groups is 1. The molecule has 0 aliphatic rings. The van der Waals surface area contributed by atoms with E-state index in [-0.39, 0.29) is 34.1 Å². The first-order chi connectivity index (χ1) is 16.5. The Labute approximate surface area is 199 Å². The Morgan fingerprint density at radius 1 is 1.14 bits per heavy atom. The predicted octanol–water partition coefficient (Wildman–Crippen LogP) is 1.41. The molecule has 0 aliphatic heterocycles. The smallest absolute Gasteiger partial charge is 0.421 e. The molecule has 35 heavy (non-hydrogen) atoms. The lowest BCUT2D eigenvalue weighted by Crippen LogP contribution is -2.30. The van der Waals surface area contributed by atoms with E-state index in [0.717, 1.165) is 11.2 Å². The maximum Gasteiger partial charge on any atom is 0.472 e. The maximum atomic E-state index is 13.2. The third-order valence-corrected chi connectivity index (χ3v) is 5.46. The molecule has 3 aromatic rings. The van der Waals surface area contributed by atoms with E-state index >= 15 is 0 Å². The van der Waals surface area contributed by atoms with E-state index in [9.17, 15) is 18.9 Å². The number of aromatic nitrogens is 3. The molecule has 3 amide bonds. The molecule has 14 nitrogen and oxygen atoms in total. The van der Waals surface area contributed by atoms with Gasteiger partial charge in [0, 0.05) is 25.9 Å². The number of anilines is 2. The Kier molecular flexibility index (Phi) is 7.51. The van der Waals surface area contributed by atoms with Gasteiger partial charge in [-0.15, -0.1) is 0 Å². The molecule has 2 aromatic heterocycles. The van der Waals surface area contributed by atoms with Crippen LogP contribution in [0.5, 0.6) is 0 Å². The number of rotatable bonds is 7. The highest BCUT2D eigenvalue weighted by molar-refractivity contribution is 7.46. The van der Waals surface area contributed by atoms with E-state index in [2.05, 4.69) is 25.2 Å². The van der Waals surface area contributed by atoms with Gasteiger partial charge in [0.05, 0.1) is 11.3 Å². The number of nitrogens with one attached hydrogen (secondary N) is 2. The van der Waals surface area contributed by atoms with Gasteiger partial charge in [-0.05, 0) is 37.1 Å². The van der Waals surface area contributed by atoms with Crippen molar-refractivity contribution in [1.29, 1.82) is 0 Å². The van der Waals surface area contributed by atoms with Gasteiger partial charge in [0.25, 0.3) is 11.8 Å². The van der Waals surface area contributed by atoms with Crippen molar-refractivity contribution in [2.45, 2.75) is 13.8 Å². The molecule has 0 saturated heterocycles. The molecule has 0 spiro atoms. The molecule has 0 saturated carbocycles. The summed E-state index contributed by atoms with van der Waals surface area (Å²) < 4.78 is 21.6. The number of amides is 3. The molecular weight excluding hydrogens is 483 g/mol. The first-order valence-corrected chi connectivity index (χ1v) is 11.6. The second-order valence-corrected chi connectivity index (χ2v) is 8.43. The predicted molar refractivity (Wildman–Crippen MR) is 122 cm³/mol. The van der Waals surface area contributed by atoms with E-state index in [1.807, 2.05) is 0 Å². The monoisotopic (exact) mass is 506 g/mol. The van der Waals surface area contributed by atoms with Crippen LogP contribution in [0.15, 0.2) is 30.7 Å². The van der Waals surface area contributed by atoms with Gasteiger partial charge in [0.2, 0.25) is 6.79 Å². The Morgan fingerprint density at radius 2 is 1.83 bits per heavy atom. The van der Waals surface area contributed by atoms with Gasteiger partial charge in [-0.1, -0.05) is 6.07 Å². The summed E-state index contributed by atoms with van der Waals surface area (Å²) in [6.07, 6.45) is 1.50. The van der Waals surface area contributed by atoms with Crippen molar-refractivity contribution in [3.05, 3.63) is 53.0 Å². The van der Waals surface area contributed by atoms with Crippen LogP contribution in [-0.2, 0) is 13.8 Å². The van der Waals surface area contributed by atoms with Crippen LogP contribution in [0.3, 0.4) is 0 Å². The zero-order chi connectivity index (χ0) is 25.9. The Hall–Kier alpha value is -3.84. The number of phosphoric ester groups is 1. The third kappa shape index (κ3) is 5.46. The first kappa shape index (κ1) is 25.8. The fraction of sp³-hybridized carbons (Fsp3) is 0.250. The van der Waals surface area contributed by atoms with Crippen molar-refractivity contribution in [2.24, 2.45) is 0 Å². The average molecular weight is 506 g/mol. The van der Waals surface area contributed by atoms with Crippen molar-refractivity contribution < 1.29 is 38.0 Å². The topological polar surface area (TPSA) is 185 Å². The summed E-state index contributed by atoms with van der Waals surface area (Å²) in [5, 5.41) is 9.12. The van der Waals surface area contributed by atoms with Crippen molar-refractivity contribution in [2.75, 3.05) is 25.8 Å². The maximum absolute atomic E-state index is 13.2. The molecule has 0 unspecified atom stereocenters. The summed E-state index contributed by atoms with van der Waals surface area (Å²) in [5.74, 6) is -0.815. The zero-order valence-corrected chi connectivity index (χ0v) is 20.1. The molecule has 15 heteroatoms. The molecule has 0 atom stereocenters. The lowest BCUT2D eigenvalue weighted by molar-refractivity contribution is 0.0445. The Balaban J connectivity index is 2.22. The van der Waals surface area contributed by atoms with Crippen molar-refractivity contribution >= 4 is 42.8 Å². The van der Waals surface area contributed by atoms with Crippen LogP contribution in [0.4, 0.5) is 16.3 Å². The van der Waals surface area contributed by atoms with Gasteiger partial charge in [-0.3, -0.25) is 9.59 Å². The van der Waals surface area contributed by atoms with E-state index in [1.54, 1.807) is 26.0 Å². The molecule has 1 aromatic carbocycles. The largest absolute Gasteiger partial charge is 0.472 e. The van der Waals surface area contributed by atoms with Crippen LogP contribution in [-0.4, -0.2) is 63.2 Å². The summed E-state index contributed by atoms with van der Waals surface area (Å²) >= 11 is 0. The number of nitrogens with zero attached hydrogens (tertiary/aromatic N) is 4. The SMILES string of the molecule is CNC(=O)c1ccc(C)c(N(C(=O)OCOP(=O)(O)O)c2ncnn3cc(C(=O)NC)c(C)c23)c1. The fourth-order valence-corrected chi connectivity index (χ4v) is 3.50. The molecular formula is C20H23N6O8P. The molecule has 0 fully saturated rings. The second kappa shape index (κ2) is 10.2. The standard InChI is InChI=1S/C20H23N6O8P/c1-11-5-6-13(18(27)21-3)7-15(11)26(20(29)33-10-34-35(30,31)32)17-16-12(2)14(19(28)22-4)8-25(16)24-9-23-17/h5-9H,10H2,1-4H3,(H,21,27)(H,22,28)(H2,30,31,32). The number of benzene rings is 1. The van der Waals surface area contributed by atoms with Gasteiger partial charge in [0.1, 0.15) is 11.8 Å². The highest BCUT2D eigenvalue weighted by Crippen LogP contribution is 2.37. The van der Waals surface area contributed by atoms with E-state index in [0.29, 0.717) is 11.1 Å². The van der Waals surface area contributed by atoms with Crippen molar-refractivity contribution in [3.8, 4) is 0 Å². The van der Waals surface area contributed by atoms with Crippen LogP contribution in [0.1, 0.15) is 31.8 Å². The highest BCUT2D eigenvalue weighted by Gasteiger charge is 2.29. The van der Waals surface area contributed by atoms with Crippen LogP contribution >= 0.6 is 7.82 Å². The van der Waals surface area contributed by atoms with Gasteiger partial charge in [-0.25, -0.2) is 28.3 Å². The van der Waals surface area contributed by atoms with E-state index in [1.165, 1.54) is 30.9 Å². The minimum Gasteiger partial charge on any atom is -0.421 e. The Morgan fingerprint density at radius 3 is 2.46 bits per heavy atom. The number of hydrogen-bond acceptors (Lipinski definition) is 8. The number of aryl methyl sites for hydroxylation is 2. The second-order valence-electron chi connectivity index (χ2n) is 7.19. The van der Waals surface area contributed by atoms with Crippen LogP contribution in [0, 0.1) is 13.8 Å². The average Bonchev–Trinajstić information content (AvgIpc) is 3.15. The van der Waals surface area contributed by atoms with Gasteiger partial charge in [-0.2, -0.15) is 5.10 Å². The number of carbonyl (C=O) groups excluding carboxylic acids is 3. The summed E-state index contributed by atoms with van der Waals surface area (Å²) in [6, 6.07) is 4.58. The molecule has 0 radical (unpaired) electrons. The fourth-order valence-electron chi connectivity index (χ4n) is 3.31. The van der Waals surface area contributed by atoms with Crippen LogP contribution in [0.25, 0.3) is 5.52 Å². The quantitative estimate of drug-likeness (QED) is 0.270. The van der Waals surface area contributed by atoms with Gasteiger partial charge >= 0.3 is 13.9 Å². The van der Waals surface area contributed by atoms with Crippen molar-refractivity contribution in [1.82, 2.24) is 25.2 Å². The minimum atomic E-state index is -4.91. The molecule has 186 valence electrons. The molecule has 3 rings (SSSR count). The number of fused-ring (bicyclic) bond motifs is 1. The zero-order valence-electron chi connectivity index (χ0n) is 19.2. The first-order valence-electron chi connectivity index (χ1n) is 10.0. The van der Waals surface area contributed by atoms with Gasteiger partial charge < -0.3 is 25.2 Å². The van der Waals surface area contributed by atoms with Crippen LogP contribution < -0.4 is 15.5 Å². The van der Waals surface area contributed by atoms with Crippen molar-refractivity contribution in [3.63, 3.8) is 0 Å². The normalized spacial score (nSPS) is 11.3. The van der Waals surface area contributed by atoms with Gasteiger partial charge in [0.15, 0.2) is 5.82 Å². The summed E-state index contributed by atoms with van der Waals surface area (Å²) in [5.41, 5.74) is 1.96. The summed E-state index contributed by atoms with van der Waals surface area (Å²) in [4.78, 5) is 60.8. The highest BCUT2D eigenvalue weighted by atomic mass is 31.2. The number of ether oxygens (including phenoxy) is 1. The lowest BCUT2D eigenvalue weighted by atomic mass is 10.1. The molecule has 0 aliphatic carbocycles. The lowest BCUT2D eigenvalue weighted by Gasteiger charge is -2.24. The molecule has 2 heterocycles. The van der Waals surface area contributed by atoms with E-state index in [4.69, 9.17) is 14.5 Å². The van der Waals surface area contributed by atoms with Crippen LogP contribution in [0.2, 0.25) is 0 Å². The summed E-state index contributed by atoms with van der Waals surface area (Å²) in [7, 11) is -1.99. The minimum absolute atomic E-state index is 0.00834. The molecule has 0 bridgehead atoms. The number of hydrogen-bond donors (Lipinski definition) is 4. The van der Waals surface area contributed by atoms with E-state index < -0.39 is 26.6 Å². The Bertz CT molecular complexity index is 1350. The number of carbonyl (C=O) groups is 3. The molecule has 4 N–H and O–H groups in total.